The van der Waals surface area contributed by atoms with Crippen LogP contribution in [0.1, 0.15) is 24.2 Å². The third-order valence-corrected chi connectivity index (χ3v) is 3.45. The number of nitrogens with zero attached hydrogens (tertiary/aromatic N) is 1. The van der Waals surface area contributed by atoms with Gasteiger partial charge in [-0.15, -0.1) is 0 Å². The molecule has 1 aromatic heterocycles. The highest BCUT2D eigenvalue weighted by Gasteiger charge is 2.33. The van der Waals surface area contributed by atoms with Crippen LogP contribution in [0.5, 0.6) is 5.88 Å². The Hall–Kier alpha value is -1.32. The number of halogens is 3. The molecule has 0 radical (unpaired) electrons. The quantitative estimate of drug-likeness (QED) is 0.859. The van der Waals surface area contributed by atoms with E-state index in [-0.39, 0.29) is 22.3 Å². The highest BCUT2D eigenvalue weighted by atomic mass is 32.2. The van der Waals surface area contributed by atoms with Gasteiger partial charge in [0.15, 0.2) is 5.12 Å². The molecule has 0 aromatic carbocycles. The molecule has 0 aliphatic heterocycles. The van der Waals surface area contributed by atoms with Gasteiger partial charge in [0.25, 0.3) is 0 Å². The van der Waals surface area contributed by atoms with Crippen molar-refractivity contribution in [2.75, 3.05) is 12.9 Å². The van der Waals surface area contributed by atoms with Crippen LogP contribution in [0, 0.1) is 0 Å². The van der Waals surface area contributed by atoms with Crippen LogP contribution in [-0.4, -0.2) is 39.3 Å². The number of aliphatic hydroxyl groups is 2. The van der Waals surface area contributed by atoms with Gasteiger partial charge >= 0.3 is 6.18 Å². The second kappa shape index (κ2) is 7.10. The number of methoxy groups -OCH3 is 1. The van der Waals surface area contributed by atoms with E-state index in [4.69, 9.17) is 4.74 Å². The third-order valence-electron chi connectivity index (χ3n) is 2.54. The molecule has 1 heterocycles. The molecule has 21 heavy (non-hydrogen) atoms. The van der Waals surface area contributed by atoms with E-state index in [1.807, 2.05) is 0 Å². The number of aliphatic hydroxyl groups excluding tert-OH is 2. The lowest BCUT2D eigenvalue weighted by molar-refractivity contribution is -0.138. The molecule has 2 unspecified atom stereocenters. The van der Waals surface area contributed by atoms with Crippen LogP contribution < -0.4 is 4.74 Å². The molecular weight excluding hydrogens is 311 g/mol. The zero-order valence-electron chi connectivity index (χ0n) is 11.2. The molecule has 0 spiro atoms. The average molecular weight is 325 g/mol. The second-order valence-electron chi connectivity index (χ2n) is 4.14. The number of rotatable bonds is 5. The molecule has 0 saturated carbocycles. The highest BCUT2D eigenvalue weighted by molar-refractivity contribution is 8.13. The summed E-state index contributed by atoms with van der Waals surface area (Å²) in [6.07, 6.45) is -7.14. The molecule has 2 atom stereocenters. The first-order valence-corrected chi connectivity index (χ1v) is 6.76. The molecule has 0 aliphatic carbocycles. The highest BCUT2D eigenvalue weighted by Crippen LogP contribution is 2.34. The standard InChI is InChI=1S/C12H14F3NO4S/c1-6(17)21-5-9(18)10(19)8-3-7(12(13,14)15)4-16-11(8)20-2/h3-4,9-10,18-19H,5H2,1-2H3. The SMILES string of the molecule is COc1ncc(C(F)(F)F)cc1C(O)C(O)CSC(C)=O. The van der Waals surface area contributed by atoms with Crippen LogP contribution in [0.4, 0.5) is 13.2 Å². The van der Waals surface area contributed by atoms with Gasteiger partial charge in [0.2, 0.25) is 5.88 Å². The smallest absolute Gasteiger partial charge is 0.417 e. The van der Waals surface area contributed by atoms with E-state index >= 15 is 0 Å². The van der Waals surface area contributed by atoms with Gasteiger partial charge in [-0.2, -0.15) is 13.2 Å². The summed E-state index contributed by atoms with van der Waals surface area (Å²) in [6.45, 7) is 1.27. The summed E-state index contributed by atoms with van der Waals surface area (Å²) < 4.78 is 42.7. The molecule has 0 aliphatic rings. The zero-order valence-corrected chi connectivity index (χ0v) is 12.0. The van der Waals surface area contributed by atoms with Crippen LogP contribution in [0.2, 0.25) is 0 Å². The van der Waals surface area contributed by atoms with Crippen molar-refractivity contribution < 1.29 is 32.9 Å². The average Bonchev–Trinajstić information content (AvgIpc) is 2.42. The topological polar surface area (TPSA) is 79.7 Å². The van der Waals surface area contributed by atoms with Crippen molar-refractivity contribution in [3.63, 3.8) is 0 Å². The van der Waals surface area contributed by atoms with Crippen molar-refractivity contribution >= 4 is 16.9 Å². The monoisotopic (exact) mass is 325 g/mol. The maximum atomic E-state index is 12.6. The lowest BCUT2D eigenvalue weighted by Gasteiger charge is -2.20. The number of aromatic nitrogens is 1. The van der Waals surface area contributed by atoms with E-state index in [9.17, 15) is 28.2 Å². The first kappa shape index (κ1) is 17.7. The van der Waals surface area contributed by atoms with Crippen LogP contribution in [0.25, 0.3) is 0 Å². The molecule has 2 N–H and O–H groups in total. The van der Waals surface area contributed by atoms with Crippen molar-refractivity contribution in [2.24, 2.45) is 0 Å². The lowest BCUT2D eigenvalue weighted by atomic mass is 10.0. The Labute approximate surface area is 123 Å². The van der Waals surface area contributed by atoms with Gasteiger partial charge in [0, 0.05) is 24.4 Å². The number of alkyl halides is 3. The van der Waals surface area contributed by atoms with Gasteiger partial charge in [-0.05, 0) is 6.07 Å². The molecule has 118 valence electrons. The Bertz CT molecular complexity index is 510. The molecule has 0 saturated heterocycles. The maximum absolute atomic E-state index is 12.6. The molecular formula is C12H14F3NO4S. The summed E-state index contributed by atoms with van der Waals surface area (Å²) in [6, 6.07) is 0.665. The molecule has 1 aromatic rings. The molecule has 0 amide bonds. The first-order chi connectivity index (χ1) is 9.66. The minimum Gasteiger partial charge on any atom is -0.481 e. The largest absolute Gasteiger partial charge is 0.481 e. The fraction of sp³-hybridized carbons (Fsp3) is 0.500. The van der Waals surface area contributed by atoms with Crippen LogP contribution >= 0.6 is 11.8 Å². The van der Waals surface area contributed by atoms with Crippen LogP contribution in [0.3, 0.4) is 0 Å². The van der Waals surface area contributed by atoms with E-state index in [0.717, 1.165) is 11.8 Å². The molecule has 5 nitrogen and oxygen atoms in total. The molecule has 0 fully saturated rings. The van der Waals surface area contributed by atoms with E-state index in [0.29, 0.717) is 12.3 Å². The van der Waals surface area contributed by atoms with Crippen molar-refractivity contribution in [3.05, 3.63) is 23.4 Å². The number of ether oxygens (including phenoxy) is 1. The van der Waals surface area contributed by atoms with E-state index < -0.39 is 23.9 Å². The summed E-state index contributed by atoms with van der Waals surface area (Å²) in [4.78, 5) is 14.3. The van der Waals surface area contributed by atoms with Gasteiger partial charge in [-0.25, -0.2) is 4.98 Å². The van der Waals surface area contributed by atoms with Gasteiger partial charge in [-0.1, -0.05) is 11.8 Å². The third kappa shape index (κ3) is 4.87. The van der Waals surface area contributed by atoms with E-state index in [1.165, 1.54) is 14.0 Å². The first-order valence-electron chi connectivity index (χ1n) is 5.77. The molecule has 1 rings (SSSR count). The number of hydrogen-bond donors (Lipinski definition) is 2. The Balaban J connectivity index is 3.05. The number of pyridine rings is 1. The molecule has 0 bridgehead atoms. The maximum Gasteiger partial charge on any atom is 0.417 e. The van der Waals surface area contributed by atoms with Crippen molar-refractivity contribution in [1.82, 2.24) is 4.98 Å². The minimum absolute atomic E-state index is 0.157. The Kier molecular flexibility index (Phi) is 5.99. The second-order valence-corrected chi connectivity index (χ2v) is 5.33. The number of carbonyl (C=O) groups is 1. The lowest BCUT2D eigenvalue weighted by Crippen LogP contribution is -2.23. The van der Waals surface area contributed by atoms with Crippen molar-refractivity contribution in [2.45, 2.75) is 25.3 Å². The Morgan fingerprint density at radius 2 is 2.10 bits per heavy atom. The van der Waals surface area contributed by atoms with Crippen LogP contribution in [-0.2, 0) is 11.0 Å². The minimum atomic E-state index is -4.63. The van der Waals surface area contributed by atoms with Crippen molar-refractivity contribution in [3.8, 4) is 5.88 Å². The zero-order chi connectivity index (χ0) is 16.2. The summed E-state index contributed by atoms with van der Waals surface area (Å²) in [5, 5.41) is 19.4. The fourth-order valence-corrected chi connectivity index (χ4v) is 2.10. The van der Waals surface area contributed by atoms with Crippen molar-refractivity contribution in [1.29, 1.82) is 0 Å². The van der Waals surface area contributed by atoms with Gasteiger partial charge < -0.3 is 14.9 Å². The summed E-state index contributed by atoms with van der Waals surface area (Å²) in [7, 11) is 1.18. The Morgan fingerprint density at radius 3 is 2.57 bits per heavy atom. The normalized spacial score (nSPS) is 14.6. The van der Waals surface area contributed by atoms with Crippen LogP contribution in [0.15, 0.2) is 12.3 Å². The number of thioether (sulfide) groups is 1. The predicted octanol–water partition coefficient (Wildman–Crippen LogP) is 1.78. The van der Waals surface area contributed by atoms with E-state index in [2.05, 4.69) is 4.98 Å². The summed E-state index contributed by atoms with van der Waals surface area (Å²) in [5.74, 6) is -0.377. The van der Waals surface area contributed by atoms with E-state index in [1.54, 1.807) is 0 Å². The van der Waals surface area contributed by atoms with Gasteiger partial charge in [-0.3, -0.25) is 4.79 Å². The number of hydrogen-bond acceptors (Lipinski definition) is 6. The Morgan fingerprint density at radius 1 is 1.48 bits per heavy atom. The fourth-order valence-electron chi connectivity index (χ4n) is 1.51. The summed E-state index contributed by atoms with van der Waals surface area (Å²) in [5.41, 5.74) is -1.35. The molecule has 9 heteroatoms. The summed E-state index contributed by atoms with van der Waals surface area (Å²) >= 11 is 0.753. The number of carbonyl (C=O) groups excluding carboxylic acids is 1. The van der Waals surface area contributed by atoms with Gasteiger partial charge in [0.1, 0.15) is 6.10 Å². The predicted molar refractivity (Wildman–Crippen MR) is 69.9 cm³/mol. The van der Waals surface area contributed by atoms with Gasteiger partial charge in [0.05, 0.1) is 18.8 Å².